The minimum absolute atomic E-state index is 0. The van der Waals surface area contributed by atoms with E-state index in [0.29, 0.717) is 11.1 Å². The van der Waals surface area contributed by atoms with Gasteiger partial charge in [0.1, 0.15) is 0 Å². The van der Waals surface area contributed by atoms with Crippen LogP contribution < -0.4 is 59.1 Å². The van der Waals surface area contributed by atoms with Gasteiger partial charge in [-0.15, -0.1) is 0 Å². The molecule has 0 atom stereocenters. The van der Waals surface area contributed by atoms with E-state index in [0.717, 1.165) is 0 Å². The topological polar surface area (TPSA) is 114 Å². The third kappa shape index (κ3) is 36.0. The maximum Gasteiger partial charge on any atom is 1.00 e. The van der Waals surface area contributed by atoms with Crippen LogP contribution in [0.1, 0.15) is 13.8 Å². The van der Waals surface area contributed by atoms with Crippen molar-refractivity contribution in [2.45, 2.75) is 13.8 Å². The predicted octanol–water partition coefficient (Wildman–Crippen LogP) is -5.78. The summed E-state index contributed by atoms with van der Waals surface area (Å²) in [6.45, 7) is 9.51. The Kier molecular flexibility index (Phi) is 18.5. The van der Waals surface area contributed by atoms with Gasteiger partial charge in [0, 0.05) is 0 Å². The molecule has 0 spiro atoms. The van der Waals surface area contributed by atoms with E-state index < -0.39 is 31.7 Å². The molecule has 0 aliphatic rings. The van der Waals surface area contributed by atoms with Crippen LogP contribution in [0.2, 0.25) is 0 Å². The Bertz CT molecular complexity index is 408. The van der Waals surface area contributed by atoms with Gasteiger partial charge >= 0.3 is 59.1 Å². The molecule has 96 valence electrons. The summed E-state index contributed by atoms with van der Waals surface area (Å²) in [4.78, 5) is 0. The molecule has 0 N–H and O–H groups in total. The summed E-state index contributed by atoms with van der Waals surface area (Å²) in [7, 11) is -8.15. The molecule has 0 heterocycles. The third-order valence-electron chi connectivity index (χ3n) is 0.846. The normalized spacial score (nSPS) is 10.0. The van der Waals surface area contributed by atoms with E-state index in [1.54, 1.807) is 0 Å². The van der Waals surface area contributed by atoms with E-state index in [1.807, 2.05) is 0 Å². The van der Waals surface area contributed by atoms with Crippen molar-refractivity contribution in [1.29, 1.82) is 0 Å². The molecular formula is C8H14Na2O6S2. The van der Waals surface area contributed by atoms with Crippen LogP contribution in [0, 0.1) is 0 Å². The van der Waals surface area contributed by atoms with Gasteiger partial charge in [-0.1, -0.05) is 24.3 Å². The fourth-order valence-electron chi connectivity index (χ4n) is 0.604. The summed E-state index contributed by atoms with van der Waals surface area (Å²) in [5.41, 5.74) is 0.750. The van der Waals surface area contributed by atoms with Gasteiger partial charge in [0.15, 0.2) is 0 Å². The van der Waals surface area contributed by atoms with E-state index in [9.17, 15) is 25.9 Å². The standard InChI is InChI=1S/2C4H8O3S.2Na/c2*1-4(2)3-8(5,6)7;;/h2*1,3H2,2H3,(H,5,6,7);;/q;;2*+1/p-2. The van der Waals surface area contributed by atoms with Crippen LogP contribution in [-0.2, 0) is 20.2 Å². The van der Waals surface area contributed by atoms with Gasteiger partial charge in [0.2, 0.25) is 0 Å². The van der Waals surface area contributed by atoms with Crippen molar-refractivity contribution in [2.75, 3.05) is 11.5 Å². The van der Waals surface area contributed by atoms with E-state index >= 15 is 0 Å². The number of rotatable bonds is 4. The second-order valence-electron chi connectivity index (χ2n) is 3.32. The summed E-state index contributed by atoms with van der Waals surface area (Å²) in [5, 5.41) is 0. The molecule has 0 amide bonds. The Labute approximate surface area is 153 Å². The monoisotopic (exact) mass is 316 g/mol. The summed E-state index contributed by atoms with van der Waals surface area (Å²) < 4.78 is 59.0. The van der Waals surface area contributed by atoms with Crippen LogP contribution >= 0.6 is 0 Å². The maximum absolute atomic E-state index is 9.83. The van der Waals surface area contributed by atoms with Crippen molar-refractivity contribution in [3.63, 3.8) is 0 Å². The maximum atomic E-state index is 9.83. The van der Waals surface area contributed by atoms with Crippen molar-refractivity contribution >= 4 is 20.2 Å². The zero-order valence-electron chi connectivity index (χ0n) is 11.1. The average Bonchev–Trinajstić information content (AvgIpc) is 1.72. The number of hydrogen-bond donors (Lipinski definition) is 0. The van der Waals surface area contributed by atoms with Gasteiger partial charge in [-0.3, -0.25) is 0 Å². The summed E-state index contributed by atoms with van der Waals surface area (Å²) >= 11 is 0. The first kappa shape index (κ1) is 27.6. The zero-order valence-corrected chi connectivity index (χ0v) is 16.7. The Morgan fingerprint density at radius 2 is 1.00 bits per heavy atom. The first-order chi connectivity index (χ1) is 6.83. The molecular weight excluding hydrogens is 302 g/mol. The average molecular weight is 316 g/mol. The number of hydrogen-bond acceptors (Lipinski definition) is 6. The molecule has 0 aliphatic heterocycles. The smallest absolute Gasteiger partial charge is 0.748 e. The van der Waals surface area contributed by atoms with Crippen LogP contribution in [0.25, 0.3) is 0 Å². The Hall–Kier alpha value is 1.30. The van der Waals surface area contributed by atoms with Crippen molar-refractivity contribution in [1.82, 2.24) is 0 Å². The fraction of sp³-hybridized carbons (Fsp3) is 0.500. The Balaban J connectivity index is -0.0000000980. The first-order valence-corrected chi connectivity index (χ1v) is 7.15. The van der Waals surface area contributed by atoms with Gasteiger partial charge < -0.3 is 9.11 Å². The van der Waals surface area contributed by atoms with Crippen molar-refractivity contribution < 1.29 is 85.1 Å². The molecule has 0 fully saturated rings. The molecule has 0 aliphatic carbocycles. The van der Waals surface area contributed by atoms with Gasteiger partial charge in [-0.05, 0) is 13.8 Å². The van der Waals surface area contributed by atoms with Crippen LogP contribution in [-0.4, -0.2) is 37.4 Å². The van der Waals surface area contributed by atoms with E-state index in [1.165, 1.54) is 13.8 Å². The molecule has 0 rings (SSSR count). The SMILES string of the molecule is C=C(C)CS(=O)(=O)[O-].C=C(C)CS(=O)(=O)[O-].[Na+].[Na+]. The van der Waals surface area contributed by atoms with Crippen molar-refractivity contribution in [3.8, 4) is 0 Å². The van der Waals surface area contributed by atoms with Crippen LogP contribution in [0.3, 0.4) is 0 Å². The molecule has 0 aromatic carbocycles. The van der Waals surface area contributed by atoms with E-state index in [2.05, 4.69) is 13.2 Å². The molecule has 0 aromatic rings. The largest absolute Gasteiger partial charge is 1.00 e. The minimum Gasteiger partial charge on any atom is -0.748 e. The summed E-state index contributed by atoms with van der Waals surface area (Å²) in [5.74, 6) is -0.903. The van der Waals surface area contributed by atoms with Gasteiger partial charge in [-0.2, -0.15) is 0 Å². The molecule has 0 bridgehead atoms. The quantitative estimate of drug-likeness (QED) is 0.290. The van der Waals surface area contributed by atoms with Crippen LogP contribution in [0.5, 0.6) is 0 Å². The summed E-state index contributed by atoms with van der Waals surface area (Å²) in [6, 6.07) is 0. The van der Waals surface area contributed by atoms with Crippen LogP contribution in [0.4, 0.5) is 0 Å². The molecule has 0 radical (unpaired) electrons. The van der Waals surface area contributed by atoms with Crippen LogP contribution in [0.15, 0.2) is 24.3 Å². The van der Waals surface area contributed by atoms with E-state index in [-0.39, 0.29) is 59.1 Å². The Morgan fingerprint density at radius 1 is 0.833 bits per heavy atom. The molecule has 10 heteroatoms. The molecule has 0 unspecified atom stereocenters. The zero-order chi connectivity index (χ0) is 13.6. The van der Waals surface area contributed by atoms with Crippen molar-refractivity contribution in [2.24, 2.45) is 0 Å². The molecule has 0 saturated carbocycles. The molecule has 6 nitrogen and oxygen atoms in total. The van der Waals surface area contributed by atoms with E-state index in [4.69, 9.17) is 0 Å². The van der Waals surface area contributed by atoms with Gasteiger partial charge in [-0.25, -0.2) is 16.8 Å². The predicted molar refractivity (Wildman–Crippen MR) is 58.8 cm³/mol. The second-order valence-corrected chi connectivity index (χ2v) is 6.13. The minimum atomic E-state index is -4.07. The molecule has 18 heavy (non-hydrogen) atoms. The third-order valence-corrected chi connectivity index (χ3v) is 2.54. The summed E-state index contributed by atoms with van der Waals surface area (Å²) in [6.07, 6.45) is 0. The molecule has 0 saturated heterocycles. The second kappa shape index (κ2) is 12.1. The Morgan fingerprint density at radius 3 is 1.00 bits per heavy atom. The van der Waals surface area contributed by atoms with Crippen molar-refractivity contribution in [3.05, 3.63) is 24.3 Å². The fourth-order valence-corrected chi connectivity index (χ4v) is 1.81. The van der Waals surface area contributed by atoms with Gasteiger partial charge in [0.25, 0.3) is 0 Å². The van der Waals surface area contributed by atoms with Gasteiger partial charge in [0.05, 0.1) is 31.7 Å². The first-order valence-electron chi connectivity index (χ1n) is 3.99. The molecule has 0 aromatic heterocycles.